The highest BCUT2D eigenvalue weighted by Gasteiger charge is 2.11. The molecule has 0 fully saturated rings. The molecule has 2 atom stereocenters. The van der Waals surface area contributed by atoms with Crippen molar-refractivity contribution in [2.75, 3.05) is 0 Å². The Morgan fingerprint density at radius 1 is 1.50 bits per heavy atom. The van der Waals surface area contributed by atoms with Crippen LogP contribution < -0.4 is 5.09 Å². The van der Waals surface area contributed by atoms with Crippen LogP contribution >= 0.6 is 9.39 Å². The van der Waals surface area contributed by atoms with E-state index in [2.05, 4.69) is 14.5 Å². The van der Waals surface area contributed by atoms with Crippen molar-refractivity contribution in [3.63, 3.8) is 0 Å². The number of phenols is 1. The molecule has 0 amide bonds. The van der Waals surface area contributed by atoms with Gasteiger partial charge in [-0.2, -0.15) is 0 Å². The summed E-state index contributed by atoms with van der Waals surface area (Å²) in [7, 11) is 2.35. The van der Waals surface area contributed by atoms with Crippen LogP contribution in [0.15, 0.2) is 24.3 Å². The molecule has 1 aromatic rings. The first kappa shape index (κ1) is 11.2. The van der Waals surface area contributed by atoms with Gasteiger partial charge in [0, 0.05) is 0 Å². The molecule has 76 valence electrons. The van der Waals surface area contributed by atoms with Gasteiger partial charge in [-0.3, -0.25) is 9.88 Å². The first-order valence-electron chi connectivity index (χ1n) is 4.38. The zero-order valence-electron chi connectivity index (χ0n) is 8.03. The van der Waals surface area contributed by atoms with E-state index >= 15 is 0 Å². The van der Waals surface area contributed by atoms with E-state index < -0.39 is 0 Å². The lowest BCUT2D eigenvalue weighted by atomic mass is 10.0. The van der Waals surface area contributed by atoms with Crippen LogP contribution in [-0.4, -0.2) is 16.9 Å². The van der Waals surface area contributed by atoms with Crippen LogP contribution in [0.1, 0.15) is 12.5 Å². The van der Waals surface area contributed by atoms with Gasteiger partial charge in [0.1, 0.15) is 11.5 Å². The molecule has 1 rings (SSSR count). The highest BCUT2D eigenvalue weighted by molar-refractivity contribution is 7.13. The van der Waals surface area contributed by atoms with E-state index in [-0.39, 0.29) is 17.6 Å². The molecule has 0 aliphatic heterocycles. The summed E-state index contributed by atoms with van der Waals surface area (Å²) in [5, 5.41) is 11.9. The summed E-state index contributed by atoms with van der Waals surface area (Å²) in [5.41, 5.74) is 1.03. The minimum absolute atomic E-state index is 0.105. The molecule has 0 saturated heterocycles. The fraction of sp³-hybridized carbons (Fsp3) is 0.300. The van der Waals surface area contributed by atoms with E-state index in [1.807, 2.05) is 12.1 Å². The van der Waals surface area contributed by atoms with E-state index in [1.54, 1.807) is 19.1 Å². The van der Waals surface area contributed by atoms with Crippen molar-refractivity contribution in [2.45, 2.75) is 19.4 Å². The largest absolute Gasteiger partial charge is 0.508 e. The van der Waals surface area contributed by atoms with Crippen molar-refractivity contribution >= 4 is 15.2 Å². The summed E-state index contributed by atoms with van der Waals surface area (Å²) in [6.45, 7) is 1.56. The normalized spacial score (nSPS) is 12.4. The molecule has 0 aliphatic rings. The fourth-order valence-corrected chi connectivity index (χ4v) is 1.54. The van der Waals surface area contributed by atoms with E-state index in [1.165, 1.54) is 0 Å². The second-order valence-electron chi connectivity index (χ2n) is 3.20. The van der Waals surface area contributed by atoms with Crippen LogP contribution in [0.2, 0.25) is 0 Å². The highest BCUT2D eigenvalue weighted by Crippen LogP contribution is 2.11. The van der Waals surface area contributed by atoms with E-state index in [0.29, 0.717) is 6.42 Å². The van der Waals surface area contributed by atoms with Gasteiger partial charge in [-0.25, -0.2) is 0 Å². The molecule has 1 aromatic carbocycles. The Morgan fingerprint density at radius 3 is 2.50 bits per heavy atom. The number of benzene rings is 1. The van der Waals surface area contributed by atoms with Gasteiger partial charge in [-0.05, 0) is 31.0 Å². The minimum Gasteiger partial charge on any atom is -0.508 e. The summed E-state index contributed by atoms with van der Waals surface area (Å²) in [5.74, 6) is 0.347. The maximum Gasteiger partial charge on any atom is 0.147 e. The summed E-state index contributed by atoms with van der Waals surface area (Å²) in [4.78, 5) is 11.1. The molecule has 0 spiro atoms. The van der Waals surface area contributed by atoms with Gasteiger partial charge in [0.15, 0.2) is 0 Å². The fourth-order valence-electron chi connectivity index (χ4n) is 1.19. The standard InChI is InChI=1S/C10H14NO2P/c1-7(12)10(11-14)6-8-2-4-9(13)5-3-8/h2-5,10-11,13H,6,14H2,1H3/t10-/m0/s1. The Balaban J connectivity index is 2.67. The molecule has 4 heteroatoms. The van der Waals surface area contributed by atoms with Crippen LogP contribution in [0, 0.1) is 0 Å². The number of rotatable bonds is 4. The molecule has 3 nitrogen and oxygen atoms in total. The molecule has 0 saturated carbocycles. The number of carbonyl (C=O) groups excluding carboxylic acids is 1. The molecular weight excluding hydrogens is 197 g/mol. The van der Waals surface area contributed by atoms with E-state index in [9.17, 15) is 4.79 Å². The van der Waals surface area contributed by atoms with Crippen LogP contribution in [0.25, 0.3) is 0 Å². The maximum absolute atomic E-state index is 11.1. The Morgan fingerprint density at radius 2 is 2.07 bits per heavy atom. The van der Waals surface area contributed by atoms with Crippen molar-refractivity contribution < 1.29 is 9.90 Å². The van der Waals surface area contributed by atoms with Gasteiger partial charge in [-0.1, -0.05) is 21.5 Å². The average molecular weight is 211 g/mol. The van der Waals surface area contributed by atoms with Gasteiger partial charge < -0.3 is 5.11 Å². The lowest BCUT2D eigenvalue weighted by Gasteiger charge is -2.12. The first-order valence-corrected chi connectivity index (χ1v) is 4.95. The predicted octanol–water partition coefficient (Wildman–Crippen LogP) is 1.27. The van der Waals surface area contributed by atoms with Crippen molar-refractivity contribution in [3.05, 3.63) is 29.8 Å². The quantitative estimate of drug-likeness (QED) is 0.737. The average Bonchev–Trinajstić information content (AvgIpc) is 2.16. The Kier molecular flexibility index (Phi) is 4.05. The summed E-state index contributed by atoms with van der Waals surface area (Å²) < 4.78 is 0. The van der Waals surface area contributed by atoms with Crippen LogP contribution in [0.5, 0.6) is 5.75 Å². The van der Waals surface area contributed by atoms with E-state index in [4.69, 9.17) is 5.11 Å². The molecule has 0 bridgehead atoms. The van der Waals surface area contributed by atoms with Gasteiger partial charge >= 0.3 is 0 Å². The molecule has 1 unspecified atom stereocenters. The number of Topliss-reactive ketones (excluding diaryl/α,β-unsaturated/α-hetero) is 1. The van der Waals surface area contributed by atoms with Crippen LogP contribution in [0.4, 0.5) is 0 Å². The minimum atomic E-state index is -0.176. The number of hydrogen-bond acceptors (Lipinski definition) is 3. The second kappa shape index (κ2) is 5.08. The topological polar surface area (TPSA) is 49.3 Å². The molecule has 0 aliphatic carbocycles. The number of ketones is 1. The second-order valence-corrected chi connectivity index (χ2v) is 3.53. The Labute approximate surface area is 85.8 Å². The number of carbonyl (C=O) groups is 1. The number of hydrogen-bond donors (Lipinski definition) is 2. The van der Waals surface area contributed by atoms with E-state index in [0.717, 1.165) is 5.56 Å². The Bertz CT molecular complexity index is 310. The monoisotopic (exact) mass is 211 g/mol. The van der Waals surface area contributed by atoms with Gasteiger partial charge in [0.2, 0.25) is 0 Å². The third kappa shape index (κ3) is 3.09. The van der Waals surface area contributed by atoms with Crippen molar-refractivity contribution in [2.24, 2.45) is 0 Å². The summed E-state index contributed by atoms with van der Waals surface area (Å²) in [6.07, 6.45) is 0.638. The number of phenolic OH excluding ortho intramolecular Hbond substituents is 1. The lowest BCUT2D eigenvalue weighted by Crippen LogP contribution is -2.30. The zero-order chi connectivity index (χ0) is 10.6. The first-order chi connectivity index (χ1) is 6.63. The summed E-state index contributed by atoms with van der Waals surface area (Å²) >= 11 is 0. The smallest absolute Gasteiger partial charge is 0.147 e. The number of nitrogens with one attached hydrogen (secondary N) is 1. The molecular formula is C10H14NO2P. The number of aromatic hydroxyl groups is 1. The van der Waals surface area contributed by atoms with Crippen molar-refractivity contribution in [1.29, 1.82) is 0 Å². The molecule has 0 aromatic heterocycles. The van der Waals surface area contributed by atoms with Crippen LogP contribution in [-0.2, 0) is 11.2 Å². The predicted molar refractivity (Wildman–Crippen MR) is 59.1 cm³/mol. The summed E-state index contributed by atoms with van der Waals surface area (Å²) in [6, 6.07) is 6.69. The third-order valence-corrected chi connectivity index (χ3v) is 2.47. The lowest BCUT2D eigenvalue weighted by molar-refractivity contribution is -0.118. The zero-order valence-corrected chi connectivity index (χ0v) is 9.18. The molecule has 2 N–H and O–H groups in total. The van der Waals surface area contributed by atoms with Gasteiger partial charge in [0.25, 0.3) is 0 Å². The molecule has 0 heterocycles. The van der Waals surface area contributed by atoms with Crippen molar-refractivity contribution in [3.8, 4) is 5.75 Å². The Hall–Kier alpha value is -0.920. The molecule has 0 radical (unpaired) electrons. The SMILES string of the molecule is CC(=O)[C@H](Cc1ccc(O)cc1)NP. The van der Waals surface area contributed by atoms with Gasteiger partial charge in [0.05, 0.1) is 6.04 Å². The molecule has 14 heavy (non-hydrogen) atoms. The van der Waals surface area contributed by atoms with Crippen LogP contribution in [0.3, 0.4) is 0 Å². The highest BCUT2D eigenvalue weighted by atomic mass is 31.0. The van der Waals surface area contributed by atoms with Crippen molar-refractivity contribution in [1.82, 2.24) is 5.09 Å². The third-order valence-electron chi connectivity index (χ3n) is 2.07. The maximum atomic E-state index is 11.1. The van der Waals surface area contributed by atoms with Gasteiger partial charge in [-0.15, -0.1) is 0 Å².